The number of amides is 1. The minimum absolute atomic E-state index is 0.148. The fourth-order valence-electron chi connectivity index (χ4n) is 3.96. The fourth-order valence-corrected chi connectivity index (χ4v) is 3.96. The Morgan fingerprint density at radius 2 is 1.83 bits per heavy atom. The SMILES string of the molecule is CC(C)(C)OC(=O)N1CCN(CC2CCN(c3cc(B(O)O)c(F)cn3)CC2)CC1. The van der Waals surface area contributed by atoms with Crippen molar-refractivity contribution in [3.63, 3.8) is 0 Å². The molecule has 1 aromatic heterocycles. The Bertz CT molecular complexity index is 730. The molecule has 0 aliphatic carbocycles. The van der Waals surface area contributed by atoms with Gasteiger partial charge >= 0.3 is 13.2 Å². The third-order valence-electron chi connectivity index (χ3n) is 5.63. The van der Waals surface area contributed by atoms with E-state index in [1.165, 1.54) is 6.07 Å². The summed E-state index contributed by atoms with van der Waals surface area (Å²) in [7, 11) is -1.84. The maximum atomic E-state index is 13.6. The number of carbonyl (C=O) groups is 1. The van der Waals surface area contributed by atoms with Gasteiger partial charge in [0.1, 0.15) is 17.2 Å². The van der Waals surface area contributed by atoms with Crippen molar-refractivity contribution in [2.24, 2.45) is 5.92 Å². The summed E-state index contributed by atoms with van der Waals surface area (Å²) in [5.74, 6) is 0.413. The lowest BCUT2D eigenvalue weighted by atomic mass is 9.80. The highest BCUT2D eigenvalue weighted by molar-refractivity contribution is 6.58. The highest BCUT2D eigenvalue weighted by atomic mass is 19.1. The molecule has 0 bridgehead atoms. The van der Waals surface area contributed by atoms with Gasteiger partial charge in [0.2, 0.25) is 0 Å². The second-order valence-corrected chi connectivity index (χ2v) is 9.14. The van der Waals surface area contributed by atoms with Crippen LogP contribution in [0.1, 0.15) is 33.6 Å². The number of anilines is 1. The van der Waals surface area contributed by atoms with Gasteiger partial charge in [-0.15, -0.1) is 0 Å². The predicted octanol–water partition coefficient (Wildman–Crippen LogP) is 0.670. The van der Waals surface area contributed by atoms with Gasteiger partial charge in [-0.25, -0.2) is 14.2 Å². The minimum Gasteiger partial charge on any atom is -0.444 e. The number of aromatic nitrogens is 1. The average Bonchev–Trinajstić information content (AvgIpc) is 2.68. The minimum atomic E-state index is -1.84. The van der Waals surface area contributed by atoms with Crippen molar-refractivity contribution in [1.82, 2.24) is 14.8 Å². The van der Waals surface area contributed by atoms with Gasteiger partial charge in [0, 0.05) is 51.3 Å². The van der Waals surface area contributed by atoms with Crippen LogP contribution in [0.5, 0.6) is 0 Å². The molecule has 0 spiro atoms. The van der Waals surface area contributed by atoms with E-state index < -0.39 is 18.5 Å². The zero-order chi connectivity index (χ0) is 21.9. The van der Waals surface area contributed by atoms with E-state index in [1.807, 2.05) is 20.8 Å². The van der Waals surface area contributed by atoms with Crippen molar-refractivity contribution in [2.45, 2.75) is 39.2 Å². The van der Waals surface area contributed by atoms with E-state index in [9.17, 15) is 19.2 Å². The first-order valence-electron chi connectivity index (χ1n) is 10.6. The number of carbonyl (C=O) groups excluding carboxylic acids is 1. The van der Waals surface area contributed by atoms with Crippen LogP contribution in [0.25, 0.3) is 0 Å². The van der Waals surface area contributed by atoms with Crippen molar-refractivity contribution in [3.8, 4) is 0 Å². The molecule has 30 heavy (non-hydrogen) atoms. The van der Waals surface area contributed by atoms with Crippen LogP contribution in [0.3, 0.4) is 0 Å². The molecule has 3 rings (SSSR count). The Hall–Kier alpha value is -1.91. The summed E-state index contributed by atoms with van der Waals surface area (Å²) in [6.07, 6.45) is 2.78. The third-order valence-corrected chi connectivity index (χ3v) is 5.63. The van der Waals surface area contributed by atoms with Crippen molar-refractivity contribution in [3.05, 3.63) is 18.1 Å². The van der Waals surface area contributed by atoms with E-state index in [2.05, 4.69) is 14.8 Å². The Morgan fingerprint density at radius 3 is 2.40 bits per heavy atom. The van der Waals surface area contributed by atoms with Crippen molar-refractivity contribution < 1.29 is 24.0 Å². The second-order valence-electron chi connectivity index (χ2n) is 9.14. The Balaban J connectivity index is 1.44. The molecule has 0 unspecified atom stereocenters. The summed E-state index contributed by atoms with van der Waals surface area (Å²) >= 11 is 0. The summed E-state index contributed by atoms with van der Waals surface area (Å²) in [5, 5.41) is 18.6. The van der Waals surface area contributed by atoms with E-state index in [4.69, 9.17) is 4.74 Å². The van der Waals surface area contributed by atoms with Crippen LogP contribution in [0, 0.1) is 11.7 Å². The number of hydrogen-bond acceptors (Lipinski definition) is 7. The molecule has 0 radical (unpaired) electrons. The number of piperidine rings is 1. The fraction of sp³-hybridized carbons (Fsp3) is 0.700. The van der Waals surface area contributed by atoms with Gasteiger partial charge in [-0.3, -0.25) is 4.90 Å². The molecule has 2 aliphatic heterocycles. The molecule has 2 saturated heterocycles. The van der Waals surface area contributed by atoms with Crippen LogP contribution < -0.4 is 10.4 Å². The number of pyridine rings is 1. The predicted molar refractivity (Wildman–Crippen MR) is 113 cm³/mol. The molecule has 10 heteroatoms. The Labute approximate surface area is 177 Å². The Kier molecular flexibility index (Phi) is 7.20. The lowest BCUT2D eigenvalue weighted by Crippen LogP contribution is -2.51. The largest absolute Gasteiger partial charge is 0.491 e. The third kappa shape index (κ3) is 6.06. The molecule has 8 nitrogen and oxygen atoms in total. The van der Waals surface area contributed by atoms with Gasteiger partial charge in [0.25, 0.3) is 0 Å². The lowest BCUT2D eigenvalue weighted by Gasteiger charge is -2.39. The number of hydrogen-bond donors (Lipinski definition) is 2. The first-order valence-corrected chi connectivity index (χ1v) is 10.6. The van der Waals surface area contributed by atoms with Gasteiger partial charge in [-0.1, -0.05) is 0 Å². The van der Waals surface area contributed by atoms with E-state index in [1.54, 1.807) is 4.90 Å². The lowest BCUT2D eigenvalue weighted by molar-refractivity contribution is 0.0130. The smallest absolute Gasteiger partial charge is 0.444 e. The first kappa shape index (κ1) is 22.8. The van der Waals surface area contributed by atoms with Crippen LogP contribution >= 0.6 is 0 Å². The molecule has 1 amide bonds. The van der Waals surface area contributed by atoms with Gasteiger partial charge < -0.3 is 24.6 Å². The number of piperazine rings is 1. The van der Waals surface area contributed by atoms with Crippen molar-refractivity contribution in [2.75, 3.05) is 50.7 Å². The molecule has 1 aromatic rings. The quantitative estimate of drug-likeness (QED) is 0.690. The van der Waals surface area contributed by atoms with Gasteiger partial charge in [0.05, 0.1) is 6.20 Å². The van der Waals surface area contributed by atoms with E-state index in [-0.39, 0.29) is 11.6 Å². The molecule has 2 fully saturated rings. The summed E-state index contributed by atoms with van der Waals surface area (Å²) in [6, 6.07) is 1.41. The molecule has 2 N–H and O–H groups in total. The zero-order valence-electron chi connectivity index (χ0n) is 18.1. The van der Waals surface area contributed by atoms with Crippen LogP contribution in [0.4, 0.5) is 15.0 Å². The van der Waals surface area contributed by atoms with Crippen LogP contribution in [0.15, 0.2) is 12.3 Å². The zero-order valence-corrected chi connectivity index (χ0v) is 18.1. The number of ether oxygens (including phenoxy) is 1. The summed E-state index contributed by atoms with van der Waals surface area (Å²) < 4.78 is 19.1. The summed E-state index contributed by atoms with van der Waals surface area (Å²) in [6.45, 7) is 11.3. The van der Waals surface area contributed by atoms with Crippen molar-refractivity contribution in [1.29, 1.82) is 0 Å². The van der Waals surface area contributed by atoms with E-state index in [0.717, 1.165) is 51.8 Å². The van der Waals surface area contributed by atoms with Gasteiger partial charge in [-0.05, 0) is 45.6 Å². The Morgan fingerprint density at radius 1 is 1.20 bits per heavy atom. The first-order chi connectivity index (χ1) is 14.1. The summed E-state index contributed by atoms with van der Waals surface area (Å²) in [4.78, 5) is 22.5. The van der Waals surface area contributed by atoms with E-state index >= 15 is 0 Å². The standard InChI is InChI=1S/C20H32BFN4O4/c1-20(2,3)30-19(27)26-10-8-24(9-11-26)14-15-4-6-25(7-5-15)18-12-16(21(28)29)17(22)13-23-18/h12-13,15,28-29H,4-11,14H2,1-3H3. The highest BCUT2D eigenvalue weighted by Crippen LogP contribution is 2.23. The molecule has 0 saturated carbocycles. The topological polar surface area (TPSA) is 89.4 Å². The molecule has 166 valence electrons. The number of nitrogens with zero attached hydrogens (tertiary/aromatic N) is 4. The average molecular weight is 422 g/mol. The molecule has 0 aromatic carbocycles. The normalized spacial score (nSPS) is 19.1. The van der Waals surface area contributed by atoms with Crippen molar-refractivity contribution >= 4 is 24.5 Å². The molecular weight excluding hydrogens is 390 g/mol. The second kappa shape index (κ2) is 9.49. The van der Waals surface area contributed by atoms with Crippen LogP contribution in [-0.2, 0) is 4.74 Å². The highest BCUT2D eigenvalue weighted by Gasteiger charge is 2.28. The molecule has 0 atom stereocenters. The molecule has 2 aliphatic rings. The van der Waals surface area contributed by atoms with Gasteiger partial charge in [-0.2, -0.15) is 0 Å². The monoisotopic (exact) mass is 422 g/mol. The molecular formula is C20H32BFN4O4. The van der Waals surface area contributed by atoms with E-state index in [0.29, 0.717) is 24.8 Å². The molecule has 3 heterocycles. The maximum Gasteiger partial charge on any atom is 0.491 e. The number of halogens is 1. The van der Waals surface area contributed by atoms with Crippen LogP contribution in [0.2, 0.25) is 0 Å². The number of rotatable bonds is 4. The summed E-state index contributed by atoms with van der Waals surface area (Å²) in [5.41, 5.74) is -0.623. The van der Waals surface area contributed by atoms with Gasteiger partial charge in [0.15, 0.2) is 0 Å². The maximum absolute atomic E-state index is 13.6. The van der Waals surface area contributed by atoms with Crippen LogP contribution in [-0.4, -0.2) is 89.5 Å².